The van der Waals surface area contributed by atoms with Crippen LogP contribution in [-0.4, -0.2) is 40.3 Å². The summed E-state index contributed by atoms with van der Waals surface area (Å²) in [5.74, 6) is -0.398. The molecular weight excluding hydrogens is 320 g/mol. The Labute approximate surface area is 146 Å². The van der Waals surface area contributed by atoms with E-state index in [9.17, 15) is 9.59 Å². The summed E-state index contributed by atoms with van der Waals surface area (Å²) in [5, 5.41) is 1.09. The molecule has 25 heavy (non-hydrogen) atoms. The number of para-hydroxylation sites is 1. The molecule has 1 aliphatic heterocycles. The van der Waals surface area contributed by atoms with Gasteiger partial charge in [0.1, 0.15) is 16.5 Å². The van der Waals surface area contributed by atoms with Gasteiger partial charge in [-0.15, -0.1) is 4.68 Å². The minimum absolute atomic E-state index is 0.270. The summed E-state index contributed by atoms with van der Waals surface area (Å²) in [4.78, 5) is 25.8. The molecule has 0 radical (unpaired) electrons. The van der Waals surface area contributed by atoms with Crippen molar-refractivity contribution in [3.63, 3.8) is 0 Å². The van der Waals surface area contributed by atoms with E-state index in [1.54, 1.807) is 0 Å². The molecule has 1 aromatic heterocycles. The van der Waals surface area contributed by atoms with Crippen LogP contribution in [-0.2, 0) is 23.1 Å². The molecule has 0 atom stereocenters. The first-order chi connectivity index (χ1) is 11.6. The molecule has 1 aromatic carbocycles. The average molecular weight is 345 g/mol. The monoisotopic (exact) mass is 345 g/mol. The summed E-state index contributed by atoms with van der Waals surface area (Å²) < 4.78 is 9.33. The van der Waals surface area contributed by atoms with Gasteiger partial charge in [0.25, 0.3) is 0 Å². The molecule has 0 spiro atoms. The number of carbonyl (C=O) groups is 2. The van der Waals surface area contributed by atoms with Gasteiger partial charge in [0.05, 0.1) is 12.4 Å². The van der Waals surface area contributed by atoms with Crippen molar-refractivity contribution in [2.45, 2.75) is 32.9 Å². The Hall–Kier alpha value is -2.57. The standard InChI is InChI=1S/C18H24N4O3/c1-17(2,3)25-16(24)21-10-18(11-21,15(19)23)12-22-9-13-7-5-6-8-14(13)20(22)4/h5-9H,10-12H2,1-4H3,(H-,19,23)/p+1. The number of primary amides is 1. The van der Waals surface area contributed by atoms with Crippen molar-refractivity contribution in [1.82, 2.24) is 9.58 Å². The van der Waals surface area contributed by atoms with E-state index in [1.807, 2.05) is 67.6 Å². The molecule has 7 nitrogen and oxygen atoms in total. The zero-order chi connectivity index (χ0) is 18.4. The van der Waals surface area contributed by atoms with Crippen LogP contribution in [0.25, 0.3) is 10.9 Å². The van der Waals surface area contributed by atoms with E-state index >= 15 is 0 Å². The topological polar surface area (TPSA) is 81.4 Å². The van der Waals surface area contributed by atoms with Gasteiger partial charge in [-0.05, 0) is 32.9 Å². The molecule has 134 valence electrons. The number of nitrogens with zero attached hydrogens (tertiary/aromatic N) is 3. The number of benzene rings is 1. The zero-order valence-electron chi connectivity index (χ0n) is 15.2. The Morgan fingerprint density at radius 2 is 1.92 bits per heavy atom. The molecule has 7 heteroatoms. The van der Waals surface area contributed by atoms with Gasteiger partial charge in [-0.2, -0.15) is 4.68 Å². The molecule has 0 saturated carbocycles. The highest BCUT2D eigenvalue weighted by atomic mass is 16.6. The number of amides is 2. The molecule has 1 aliphatic rings. The lowest BCUT2D eigenvalue weighted by molar-refractivity contribution is -0.780. The first-order valence-corrected chi connectivity index (χ1v) is 8.33. The number of carbonyl (C=O) groups excluding carboxylic acids is 2. The Morgan fingerprint density at radius 3 is 2.48 bits per heavy atom. The van der Waals surface area contributed by atoms with Gasteiger partial charge < -0.3 is 15.4 Å². The number of rotatable bonds is 3. The molecule has 2 aromatic rings. The number of ether oxygens (including phenoxy) is 1. The van der Waals surface area contributed by atoms with Gasteiger partial charge in [0, 0.05) is 13.1 Å². The van der Waals surface area contributed by atoms with E-state index in [4.69, 9.17) is 10.5 Å². The first-order valence-electron chi connectivity index (χ1n) is 8.33. The molecule has 2 heterocycles. The molecule has 1 fully saturated rings. The number of nitrogens with two attached hydrogens (primary N) is 1. The van der Waals surface area contributed by atoms with E-state index in [-0.39, 0.29) is 13.1 Å². The second-order valence-corrected chi connectivity index (χ2v) is 7.79. The molecule has 0 bridgehead atoms. The maximum absolute atomic E-state index is 12.2. The third kappa shape index (κ3) is 3.18. The van der Waals surface area contributed by atoms with Gasteiger partial charge in [-0.1, -0.05) is 12.1 Å². The lowest BCUT2D eigenvalue weighted by Gasteiger charge is -2.45. The largest absolute Gasteiger partial charge is 0.444 e. The number of likely N-dealkylation sites (tertiary alicyclic amines) is 1. The zero-order valence-corrected chi connectivity index (χ0v) is 15.2. The average Bonchev–Trinajstić information content (AvgIpc) is 2.77. The van der Waals surface area contributed by atoms with E-state index < -0.39 is 23.0 Å². The quantitative estimate of drug-likeness (QED) is 0.849. The maximum Gasteiger partial charge on any atom is 0.410 e. The van der Waals surface area contributed by atoms with Crippen molar-refractivity contribution in [3.8, 4) is 0 Å². The SMILES string of the molecule is Cn1c2ccccc2c[n+]1CC1(C(N)=O)CN(C(=O)OC(C)(C)C)C1. The van der Waals surface area contributed by atoms with Crippen molar-refractivity contribution in [2.75, 3.05) is 13.1 Å². The van der Waals surface area contributed by atoms with Crippen molar-refractivity contribution < 1.29 is 19.0 Å². The molecule has 3 rings (SSSR count). The van der Waals surface area contributed by atoms with Crippen LogP contribution in [0.2, 0.25) is 0 Å². The minimum Gasteiger partial charge on any atom is -0.444 e. The second kappa shape index (κ2) is 5.75. The van der Waals surface area contributed by atoms with Gasteiger partial charge in [-0.25, -0.2) is 4.79 Å². The Morgan fingerprint density at radius 1 is 1.28 bits per heavy atom. The van der Waals surface area contributed by atoms with Crippen molar-refractivity contribution in [1.29, 1.82) is 0 Å². The fourth-order valence-electron chi connectivity index (χ4n) is 3.21. The van der Waals surface area contributed by atoms with Crippen LogP contribution in [0.3, 0.4) is 0 Å². The highest BCUT2D eigenvalue weighted by Gasteiger charge is 2.54. The maximum atomic E-state index is 12.2. The summed E-state index contributed by atoms with van der Waals surface area (Å²) in [6.45, 7) is 6.41. The highest BCUT2D eigenvalue weighted by Crippen LogP contribution is 2.32. The Bertz CT molecular complexity index is 828. The van der Waals surface area contributed by atoms with Crippen molar-refractivity contribution in [3.05, 3.63) is 30.5 Å². The van der Waals surface area contributed by atoms with Gasteiger partial charge in [0.2, 0.25) is 12.1 Å². The fourth-order valence-corrected chi connectivity index (χ4v) is 3.21. The number of hydrogen-bond donors (Lipinski definition) is 1. The lowest BCUT2D eigenvalue weighted by atomic mass is 9.79. The van der Waals surface area contributed by atoms with Crippen LogP contribution in [0, 0.1) is 5.41 Å². The molecule has 0 aliphatic carbocycles. The molecule has 2 amide bonds. The van der Waals surface area contributed by atoms with E-state index in [0.29, 0.717) is 6.54 Å². The van der Waals surface area contributed by atoms with E-state index in [0.717, 1.165) is 10.9 Å². The number of aryl methyl sites for hydroxylation is 1. The lowest BCUT2D eigenvalue weighted by Crippen LogP contribution is -2.69. The van der Waals surface area contributed by atoms with E-state index in [1.165, 1.54) is 4.90 Å². The molecular formula is C18H25N4O3+. The molecule has 1 saturated heterocycles. The van der Waals surface area contributed by atoms with Gasteiger partial charge in [-0.3, -0.25) is 4.79 Å². The van der Waals surface area contributed by atoms with Crippen LogP contribution >= 0.6 is 0 Å². The predicted octanol–water partition coefficient (Wildman–Crippen LogP) is 1.19. The van der Waals surface area contributed by atoms with Crippen LogP contribution in [0.4, 0.5) is 4.79 Å². The van der Waals surface area contributed by atoms with Crippen LogP contribution in [0.5, 0.6) is 0 Å². The summed E-state index contributed by atoms with van der Waals surface area (Å²) in [5.41, 5.74) is 5.41. The first kappa shape index (κ1) is 17.3. The fraction of sp³-hybridized carbons (Fsp3) is 0.500. The van der Waals surface area contributed by atoms with Crippen molar-refractivity contribution >= 4 is 22.9 Å². The summed E-state index contributed by atoms with van der Waals surface area (Å²) >= 11 is 0. The smallest absolute Gasteiger partial charge is 0.410 e. The Kier molecular flexibility index (Phi) is 3.97. The summed E-state index contributed by atoms with van der Waals surface area (Å²) in [6.07, 6.45) is 1.59. The summed E-state index contributed by atoms with van der Waals surface area (Å²) in [6, 6.07) is 8.00. The minimum atomic E-state index is -0.774. The molecule has 2 N–H and O–H groups in total. The van der Waals surface area contributed by atoms with E-state index in [2.05, 4.69) is 0 Å². The highest BCUT2D eigenvalue weighted by molar-refractivity contribution is 5.85. The molecule has 0 unspecified atom stereocenters. The predicted molar refractivity (Wildman–Crippen MR) is 92.5 cm³/mol. The number of hydrogen-bond acceptors (Lipinski definition) is 3. The summed E-state index contributed by atoms with van der Waals surface area (Å²) in [7, 11) is 1.95. The number of aromatic nitrogens is 2. The Balaban J connectivity index is 1.78. The second-order valence-electron chi connectivity index (χ2n) is 7.79. The van der Waals surface area contributed by atoms with Crippen LogP contribution in [0.1, 0.15) is 20.8 Å². The normalized spacial score (nSPS) is 16.6. The third-order valence-corrected chi connectivity index (χ3v) is 4.58. The van der Waals surface area contributed by atoms with Crippen molar-refractivity contribution in [2.24, 2.45) is 18.2 Å². The van der Waals surface area contributed by atoms with Gasteiger partial charge in [0.15, 0.2) is 6.54 Å². The van der Waals surface area contributed by atoms with Crippen LogP contribution < -0.4 is 10.4 Å². The third-order valence-electron chi connectivity index (χ3n) is 4.58. The van der Waals surface area contributed by atoms with Crippen LogP contribution in [0.15, 0.2) is 30.5 Å². The van der Waals surface area contributed by atoms with Gasteiger partial charge >= 0.3 is 6.09 Å². The number of fused-ring (bicyclic) bond motifs is 1.